The second kappa shape index (κ2) is 8.69. The highest BCUT2D eigenvalue weighted by Gasteiger charge is 2.62. The molecule has 3 rings (SSSR count). The monoisotopic (exact) mass is 586 g/mol. The molecule has 32 heavy (non-hydrogen) atoms. The van der Waals surface area contributed by atoms with Crippen LogP contribution in [-0.2, 0) is 10.4 Å². The van der Waals surface area contributed by atoms with Gasteiger partial charge in [0, 0.05) is 26.5 Å². The SMILES string of the molecule is Cc1cc(C2=NOC(c3cc(Br)cc(Br)c3)(C(F)(F)F)C2)ccc1C(=O)NCC(F)(F)F. The summed E-state index contributed by atoms with van der Waals surface area (Å²) in [6.45, 7) is -0.0331. The number of carbonyl (C=O) groups excluding carboxylic acids is 1. The second-order valence-electron chi connectivity index (χ2n) is 7.12. The van der Waals surface area contributed by atoms with Gasteiger partial charge in [-0.1, -0.05) is 43.1 Å². The van der Waals surface area contributed by atoms with Crippen LogP contribution in [0.5, 0.6) is 0 Å². The van der Waals surface area contributed by atoms with Gasteiger partial charge in [-0.2, -0.15) is 26.3 Å². The summed E-state index contributed by atoms with van der Waals surface area (Å²) < 4.78 is 80.1. The molecule has 1 atom stereocenters. The van der Waals surface area contributed by atoms with Crippen molar-refractivity contribution in [3.05, 3.63) is 67.6 Å². The number of aryl methyl sites for hydroxylation is 1. The van der Waals surface area contributed by atoms with E-state index in [0.717, 1.165) is 0 Å². The van der Waals surface area contributed by atoms with Crippen molar-refractivity contribution in [2.45, 2.75) is 31.3 Å². The molecule has 2 aromatic carbocycles. The summed E-state index contributed by atoms with van der Waals surface area (Å²) in [6, 6.07) is 8.10. The first-order chi connectivity index (χ1) is 14.7. The van der Waals surface area contributed by atoms with E-state index in [1.807, 2.05) is 0 Å². The van der Waals surface area contributed by atoms with Crippen LogP contribution in [-0.4, -0.2) is 30.5 Å². The number of hydrogen-bond acceptors (Lipinski definition) is 3. The zero-order valence-corrected chi connectivity index (χ0v) is 19.3. The molecule has 0 saturated carbocycles. The van der Waals surface area contributed by atoms with Crippen LogP contribution in [0.1, 0.15) is 33.5 Å². The second-order valence-corrected chi connectivity index (χ2v) is 8.95. The molecule has 12 heteroatoms. The van der Waals surface area contributed by atoms with Crippen LogP contribution < -0.4 is 5.32 Å². The van der Waals surface area contributed by atoms with Crippen molar-refractivity contribution < 1.29 is 36.0 Å². The van der Waals surface area contributed by atoms with Crippen molar-refractivity contribution in [1.29, 1.82) is 0 Å². The molecule has 0 spiro atoms. The van der Waals surface area contributed by atoms with E-state index in [1.165, 1.54) is 37.3 Å². The highest BCUT2D eigenvalue weighted by atomic mass is 79.9. The number of hydrogen-bond donors (Lipinski definition) is 1. The summed E-state index contributed by atoms with van der Waals surface area (Å²) in [5.41, 5.74) is -2.38. The third kappa shape index (κ3) is 5.11. The lowest BCUT2D eigenvalue weighted by molar-refractivity contribution is -0.275. The molecule has 172 valence electrons. The number of carbonyl (C=O) groups is 1. The van der Waals surface area contributed by atoms with E-state index in [0.29, 0.717) is 8.95 Å². The van der Waals surface area contributed by atoms with Gasteiger partial charge in [-0.3, -0.25) is 4.79 Å². The van der Waals surface area contributed by atoms with Crippen LogP contribution in [0.4, 0.5) is 26.3 Å². The van der Waals surface area contributed by atoms with Gasteiger partial charge in [0.15, 0.2) is 0 Å². The summed E-state index contributed by atoms with van der Waals surface area (Å²) in [5.74, 6) is -0.945. The Hall–Kier alpha value is -2.08. The minimum Gasteiger partial charge on any atom is -0.374 e. The van der Waals surface area contributed by atoms with Crippen molar-refractivity contribution in [1.82, 2.24) is 5.32 Å². The van der Waals surface area contributed by atoms with Crippen LogP contribution in [0.2, 0.25) is 0 Å². The molecule has 1 unspecified atom stereocenters. The van der Waals surface area contributed by atoms with Crippen LogP contribution in [0, 0.1) is 6.92 Å². The Balaban J connectivity index is 1.88. The lowest BCUT2D eigenvalue weighted by atomic mass is 9.86. The van der Waals surface area contributed by atoms with Crippen LogP contribution in [0.3, 0.4) is 0 Å². The predicted molar refractivity (Wildman–Crippen MR) is 111 cm³/mol. The maximum absolute atomic E-state index is 14.1. The number of benzene rings is 2. The maximum atomic E-state index is 14.1. The fourth-order valence-corrected chi connectivity index (χ4v) is 4.51. The molecule has 1 heterocycles. The zero-order chi connectivity index (χ0) is 23.9. The summed E-state index contributed by atoms with van der Waals surface area (Å²) in [6.07, 6.45) is -9.99. The molecule has 2 aromatic rings. The molecule has 0 bridgehead atoms. The molecule has 0 fully saturated rings. The smallest absolute Gasteiger partial charge is 0.374 e. The normalized spacial score (nSPS) is 18.8. The molecule has 4 nitrogen and oxygen atoms in total. The van der Waals surface area contributed by atoms with Gasteiger partial charge in [0.1, 0.15) is 6.54 Å². The number of halogens is 8. The third-order valence-corrected chi connectivity index (χ3v) is 5.68. The molecule has 0 saturated heterocycles. The minimum absolute atomic E-state index is 0.0104. The Kier molecular flexibility index (Phi) is 6.67. The molecule has 1 aliphatic heterocycles. The lowest BCUT2D eigenvalue weighted by Gasteiger charge is -2.29. The summed E-state index contributed by atoms with van der Waals surface area (Å²) in [4.78, 5) is 17.0. The van der Waals surface area contributed by atoms with Gasteiger partial charge < -0.3 is 10.2 Å². The summed E-state index contributed by atoms with van der Waals surface area (Å²) >= 11 is 6.34. The van der Waals surface area contributed by atoms with E-state index in [-0.39, 0.29) is 28.0 Å². The zero-order valence-electron chi connectivity index (χ0n) is 16.2. The highest BCUT2D eigenvalue weighted by Crippen LogP contribution is 2.49. The maximum Gasteiger partial charge on any atom is 0.435 e. The van der Waals surface area contributed by atoms with E-state index in [2.05, 4.69) is 37.0 Å². The fraction of sp³-hybridized carbons (Fsp3) is 0.300. The van der Waals surface area contributed by atoms with Crippen LogP contribution in [0.15, 0.2) is 50.5 Å². The number of nitrogens with one attached hydrogen (secondary N) is 1. The average Bonchev–Trinajstić information content (AvgIpc) is 3.11. The van der Waals surface area contributed by atoms with Gasteiger partial charge in [-0.05, 0) is 48.4 Å². The van der Waals surface area contributed by atoms with E-state index >= 15 is 0 Å². The van der Waals surface area contributed by atoms with Crippen LogP contribution in [0.25, 0.3) is 0 Å². The van der Waals surface area contributed by atoms with Crippen molar-refractivity contribution in [3.8, 4) is 0 Å². The first-order valence-corrected chi connectivity index (χ1v) is 10.5. The van der Waals surface area contributed by atoms with Gasteiger partial charge in [0.25, 0.3) is 11.5 Å². The van der Waals surface area contributed by atoms with E-state index in [4.69, 9.17) is 4.84 Å². The Morgan fingerprint density at radius 1 is 1.09 bits per heavy atom. The van der Waals surface area contributed by atoms with Crippen molar-refractivity contribution in [3.63, 3.8) is 0 Å². The number of amides is 1. The molecule has 1 aliphatic rings. The summed E-state index contributed by atoms with van der Waals surface area (Å²) in [7, 11) is 0. The first-order valence-electron chi connectivity index (χ1n) is 8.96. The molecular weight excluding hydrogens is 574 g/mol. The molecular formula is C20H14Br2F6N2O2. The van der Waals surface area contributed by atoms with E-state index < -0.39 is 36.8 Å². The van der Waals surface area contributed by atoms with Crippen LogP contribution >= 0.6 is 31.9 Å². The molecule has 1 N–H and O–H groups in total. The Morgan fingerprint density at radius 2 is 1.72 bits per heavy atom. The quantitative estimate of drug-likeness (QED) is 0.421. The number of nitrogens with zero attached hydrogens (tertiary/aromatic N) is 1. The average molecular weight is 588 g/mol. The topological polar surface area (TPSA) is 50.7 Å². The Bertz CT molecular complexity index is 1060. The standard InChI is InChI=1S/C20H14Br2F6N2O2/c1-10-4-11(2-3-15(10)17(31)29-9-19(23,24)25)16-8-18(32-30-16,20(26,27)28)12-5-13(21)7-14(22)6-12/h2-7H,8-9H2,1H3,(H,29,31). The number of rotatable bonds is 4. The van der Waals surface area contributed by atoms with Crippen molar-refractivity contribution in [2.75, 3.05) is 6.54 Å². The Morgan fingerprint density at radius 3 is 2.25 bits per heavy atom. The lowest BCUT2D eigenvalue weighted by Crippen LogP contribution is -2.42. The minimum atomic E-state index is -4.80. The highest BCUT2D eigenvalue weighted by molar-refractivity contribution is 9.11. The van der Waals surface area contributed by atoms with E-state index in [1.54, 1.807) is 11.4 Å². The number of alkyl halides is 6. The Labute approximate surface area is 195 Å². The molecule has 1 amide bonds. The van der Waals surface area contributed by atoms with E-state index in [9.17, 15) is 31.1 Å². The van der Waals surface area contributed by atoms with Gasteiger partial charge in [0.2, 0.25) is 0 Å². The van der Waals surface area contributed by atoms with Gasteiger partial charge >= 0.3 is 12.4 Å². The molecule has 0 aromatic heterocycles. The fourth-order valence-electron chi connectivity index (χ4n) is 3.22. The van der Waals surface area contributed by atoms with Crippen molar-refractivity contribution >= 4 is 43.5 Å². The largest absolute Gasteiger partial charge is 0.435 e. The van der Waals surface area contributed by atoms with Crippen molar-refractivity contribution in [2.24, 2.45) is 5.16 Å². The van der Waals surface area contributed by atoms with Gasteiger partial charge in [-0.25, -0.2) is 0 Å². The summed E-state index contributed by atoms with van der Waals surface area (Å²) in [5, 5.41) is 5.42. The first kappa shape index (κ1) is 24.6. The third-order valence-electron chi connectivity index (χ3n) is 4.77. The number of oxime groups is 1. The molecule has 0 radical (unpaired) electrons. The predicted octanol–water partition coefficient (Wildman–Crippen LogP) is 6.39. The molecule has 0 aliphatic carbocycles. The van der Waals surface area contributed by atoms with Gasteiger partial charge in [0.05, 0.1) is 5.71 Å². The van der Waals surface area contributed by atoms with Gasteiger partial charge in [-0.15, -0.1) is 0 Å².